The summed E-state index contributed by atoms with van der Waals surface area (Å²) >= 11 is 0. The van der Waals surface area contributed by atoms with Gasteiger partial charge in [-0.25, -0.2) is 9.59 Å². The minimum atomic E-state index is -1.76. The van der Waals surface area contributed by atoms with Gasteiger partial charge in [0.15, 0.2) is 17.7 Å². The van der Waals surface area contributed by atoms with Crippen molar-refractivity contribution in [2.45, 2.75) is 54.8 Å². The Kier molecular flexibility index (Phi) is 6.46. The molecule has 11 atom stereocenters. The highest BCUT2D eigenvalue weighted by molar-refractivity contribution is 6.25. The molecule has 0 bridgehead atoms. The number of hydrogen-bond donors (Lipinski definition) is 5. The van der Waals surface area contributed by atoms with Crippen LogP contribution in [-0.2, 0) is 38.0 Å². The molecular weight excluding hydrogens is 536 g/mol. The number of fused-ring (bicyclic) bond motifs is 5. The molecule has 14 heteroatoms. The summed E-state index contributed by atoms with van der Waals surface area (Å²) in [5, 5.41) is 49.9. The number of carbonyl (C=O) groups is 3. The average molecular weight is 562 g/mol. The Balaban J connectivity index is 1.37. The molecule has 0 radical (unpaired) electrons. The number of hydrogen-bond acceptors (Lipinski definition) is 14. The molecule has 2 saturated heterocycles. The second-order valence-corrected chi connectivity index (χ2v) is 10.2. The van der Waals surface area contributed by atoms with Gasteiger partial charge >= 0.3 is 11.9 Å². The molecule has 1 aliphatic carbocycles. The largest absolute Gasteiger partial charge is 0.508 e. The summed E-state index contributed by atoms with van der Waals surface area (Å²) in [5.41, 5.74) is -1.76. The fourth-order valence-electron chi connectivity index (χ4n) is 5.98. The fraction of sp³-hybridized carbons (Fsp3) is 0.500. The van der Waals surface area contributed by atoms with Crippen LogP contribution in [0.2, 0.25) is 0 Å². The SMILES string of the molecule is COC(=O)C1=COC(OC2OC(CO)C(O)C(O)C2O)C2C1C1OC1C21C=C(C(=O)c2ccc(O)cc2)C(=O)O1. The van der Waals surface area contributed by atoms with Gasteiger partial charge in [0.2, 0.25) is 6.29 Å². The van der Waals surface area contributed by atoms with E-state index < -0.39 is 91.0 Å². The van der Waals surface area contributed by atoms with Crippen LogP contribution in [0.4, 0.5) is 0 Å². The predicted octanol–water partition coefficient (Wildman–Crippen LogP) is -1.96. The highest BCUT2D eigenvalue weighted by Crippen LogP contribution is 2.62. The number of ether oxygens (including phenoxy) is 6. The standard InChI is InChI=1S/C26H26O14/c1-35-22(33)12-8-36-24(39-25-19(32)18(31)17(30)13(7-27)37-25)15-14(12)20-21(38-20)26(15)6-11(23(34)40-26)16(29)9-2-4-10(28)5-3-9/h2-6,8,13-15,17-21,24-25,27-28,30-32H,7H2,1H3. The van der Waals surface area contributed by atoms with Crippen LogP contribution in [0, 0.1) is 11.8 Å². The number of carbonyl (C=O) groups excluding carboxylic acids is 3. The molecule has 1 aromatic carbocycles. The van der Waals surface area contributed by atoms with E-state index in [0.29, 0.717) is 0 Å². The van der Waals surface area contributed by atoms with Crippen LogP contribution in [0.5, 0.6) is 5.75 Å². The van der Waals surface area contributed by atoms with Crippen molar-refractivity contribution in [1.82, 2.24) is 0 Å². The molecule has 14 nitrogen and oxygen atoms in total. The molecule has 1 saturated carbocycles. The third-order valence-electron chi connectivity index (χ3n) is 7.98. The van der Waals surface area contributed by atoms with E-state index in [2.05, 4.69) is 0 Å². The third kappa shape index (κ3) is 3.95. The molecule has 40 heavy (non-hydrogen) atoms. The van der Waals surface area contributed by atoms with E-state index >= 15 is 0 Å². The smallest absolute Gasteiger partial charge is 0.342 e. The zero-order valence-corrected chi connectivity index (χ0v) is 20.9. The predicted molar refractivity (Wildman–Crippen MR) is 125 cm³/mol. The Morgan fingerprint density at radius 1 is 1.02 bits per heavy atom. The molecule has 3 fully saturated rings. The number of ketones is 1. The van der Waals surface area contributed by atoms with Gasteiger partial charge in [-0.1, -0.05) is 0 Å². The van der Waals surface area contributed by atoms with Crippen molar-refractivity contribution >= 4 is 17.7 Å². The van der Waals surface area contributed by atoms with Crippen molar-refractivity contribution in [2.24, 2.45) is 11.8 Å². The Morgan fingerprint density at radius 2 is 1.75 bits per heavy atom. The maximum absolute atomic E-state index is 13.2. The van der Waals surface area contributed by atoms with Crippen molar-refractivity contribution in [2.75, 3.05) is 13.7 Å². The Labute approximate surface area is 225 Å². The topological polar surface area (TPSA) is 211 Å². The lowest BCUT2D eigenvalue weighted by molar-refractivity contribution is -0.347. The van der Waals surface area contributed by atoms with Crippen molar-refractivity contribution in [1.29, 1.82) is 0 Å². The monoisotopic (exact) mass is 562 g/mol. The van der Waals surface area contributed by atoms with Crippen molar-refractivity contribution in [3.63, 3.8) is 0 Å². The fourth-order valence-corrected chi connectivity index (χ4v) is 5.98. The second kappa shape index (κ2) is 9.62. The normalized spacial score (nSPS) is 41.3. The van der Waals surface area contributed by atoms with Gasteiger partial charge in [0.25, 0.3) is 0 Å². The molecular formula is C26H26O14. The number of Topliss-reactive ketones (excluding diaryl/α,β-unsaturated/α-hetero) is 1. The Bertz CT molecular complexity index is 1290. The summed E-state index contributed by atoms with van der Waals surface area (Å²) < 4.78 is 33.6. The number of aliphatic hydroxyl groups excluding tert-OH is 4. The first-order valence-electron chi connectivity index (χ1n) is 12.5. The van der Waals surface area contributed by atoms with Gasteiger partial charge in [-0.05, 0) is 30.3 Å². The lowest BCUT2D eigenvalue weighted by Crippen LogP contribution is -2.61. The molecule has 5 aliphatic rings. The van der Waals surface area contributed by atoms with E-state index in [1.54, 1.807) is 0 Å². The highest BCUT2D eigenvalue weighted by atomic mass is 16.8. The van der Waals surface area contributed by atoms with Crippen LogP contribution < -0.4 is 0 Å². The summed E-state index contributed by atoms with van der Waals surface area (Å²) in [6, 6.07) is 5.28. The highest BCUT2D eigenvalue weighted by Gasteiger charge is 2.78. The number of rotatable bonds is 6. The molecule has 4 aliphatic heterocycles. The van der Waals surface area contributed by atoms with Crippen molar-refractivity contribution < 1.29 is 68.3 Å². The lowest BCUT2D eigenvalue weighted by atomic mass is 9.78. The second-order valence-electron chi connectivity index (χ2n) is 10.2. The van der Waals surface area contributed by atoms with Gasteiger partial charge in [-0.15, -0.1) is 0 Å². The van der Waals surface area contributed by atoms with Crippen LogP contribution in [0.15, 0.2) is 47.7 Å². The molecule has 1 aromatic rings. The van der Waals surface area contributed by atoms with E-state index in [1.807, 2.05) is 0 Å². The van der Waals surface area contributed by atoms with E-state index in [-0.39, 0.29) is 22.5 Å². The first-order chi connectivity index (χ1) is 19.1. The first kappa shape index (κ1) is 26.8. The van der Waals surface area contributed by atoms with Gasteiger partial charge in [-0.2, -0.15) is 0 Å². The molecule has 5 N–H and O–H groups in total. The van der Waals surface area contributed by atoms with Gasteiger partial charge in [0.05, 0.1) is 37.6 Å². The zero-order valence-electron chi connectivity index (χ0n) is 20.9. The first-order valence-corrected chi connectivity index (χ1v) is 12.5. The number of aliphatic hydroxyl groups is 4. The van der Waals surface area contributed by atoms with Gasteiger partial charge in [0.1, 0.15) is 41.8 Å². The number of aromatic hydroxyl groups is 1. The molecule has 1 spiro atoms. The molecule has 4 heterocycles. The molecule has 0 aromatic heterocycles. The summed E-state index contributed by atoms with van der Waals surface area (Å²) in [7, 11) is 1.18. The van der Waals surface area contributed by atoms with Gasteiger partial charge in [-0.3, -0.25) is 4.79 Å². The van der Waals surface area contributed by atoms with E-state index in [4.69, 9.17) is 28.4 Å². The van der Waals surface area contributed by atoms with Crippen LogP contribution in [0.25, 0.3) is 0 Å². The average Bonchev–Trinajstić information content (AvgIpc) is 3.62. The molecule has 214 valence electrons. The molecule has 0 amide bonds. The van der Waals surface area contributed by atoms with Crippen LogP contribution >= 0.6 is 0 Å². The van der Waals surface area contributed by atoms with Crippen molar-refractivity contribution in [3.05, 3.63) is 53.3 Å². The number of epoxide rings is 1. The molecule has 11 unspecified atom stereocenters. The minimum absolute atomic E-state index is 0.0632. The zero-order chi connectivity index (χ0) is 28.5. The number of phenolic OH excluding ortho intramolecular Hbond substituents is 1. The van der Waals surface area contributed by atoms with Crippen LogP contribution in [0.3, 0.4) is 0 Å². The van der Waals surface area contributed by atoms with E-state index in [9.17, 15) is 39.9 Å². The minimum Gasteiger partial charge on any atom is -0.508 e. The lowest BCUT2D eigenvalue weighted by Gasteiger charge is -2.45. The third-order valence-corrected chi connectivity index (χ3v) is 7.98. The van der Waals surface area contributed by atoms with Crippen molar-refractivity contribution in [3.8, 4) is 5.75 Å². The summed E-state index contributed by atoms with van der Waals surface area (Å²) in [6.45, 7) is -0.695. The quantitative estimate of drug-likeness (QED) is 0.110. The number of phenols is 1. The summed E-state index contributed by atoms with van der Waals surface area (Å²) in [5.74, 6) is -4.24. The maximum atomic E-state index is 13.2. The van der Waals surface area contributed by atoms with Crippen LogP contribution in [0.1, 0.15) is 10.4 Å². The summed E-state index contributed by atoms with van der Waals surface area (Å²) in [6.07, 6.45) is -8.40. The Morgan fingerprint density at radius 3 is 2.42 bits per heavy atom. The Hall–Kier alpha value is -3.37. The van der Waals surface area contributed by atoms with E-state index in [1.165, 1.54) is 37.5 Å². The number of esters is 2. The molecule has 6 rings (SSSR count). The van der Waals surface area contributed by atoms with E-state index in [0.717, 1.165) is 6.26 Å². The maximum Gasteiger partial charge on any atom is 0.342 e. The van der Waals surface area contributed by atoms with Gasteiger partial charge in [0, 0.05) is 11.5 Å². The van der Waals surface area contributed by atoms with Gasteiger partial charge < -0.3 is 54.0 Å². The summed E-state index contributed by atoms with van der Waals surface area (Å²) in [4.78, 5) is 38.9. The number of benzene rings is 1. The number of methoxy groups -OCH3 is 1. The van der Waals surface area contributed by atoms with Crippen LogP contribution in [-0.4, -0.2) is 112 Å².